The molecule has 3 saturated carbocycles. The summed E-state index contributed by atoms with van der Waals surface area (Å²) in [6.07, 6.45) is -3.36. The molecule has 7 N–H and O–H groups in total. The van der Waals surface area contributed by atoms with Gasteiger partial charge in [-0.05, 0) is 92.8 Å². The van der Waals surface area contributed by atoms with Crippen molar-refractivity contribution in [3.8, 4) is 0 Å². The number of carbonyl (C=O) groups excluding carboxylic acids is 1. The molecule has 0 radical (unpaired) electrons. The second-order valence-electron chi connectivity index (χ2n) is 19.7. The molecule has 56 heavy (non-hydrogen) atoms. The van der Waals surface area contributed by atoms with E-state index in [4.69, 9.17) is 23.7 Å². The van der Waals surface area contributed by atoms with E-state index in [0.29, 0.717) is 12.8 Å². The van der Waals surface area contributed by atoms with E-state index in [1.807, 2.05) is 6.08 Å². The molecule has 0 amide bonds. The van der Waals surface area contributed by atoms with Crippen molar-refractivity contribution in [1.82, 2.24) is 0 Å². The zero-order chi connectivity index (χ0) is 41.3. The Balaban J connectivity index is 1.32. The van der Waals surface area contributed by atoms with Gasteiger partial charge < -0.3 is 59.4 Å². The van der Waals surface area contributed by atoms with Crippen LogP contribution >= 0.6 is 0 Å². The van der Waals surface area contributed by atoms with Gasteiger partial charge in [0.2, 0.25) is 0 Å². The molecule has 0 unspecified atom stereocenters. The third kappa shape index (κ3) is 7.37. The molecule has 13 heteroatoms. The normalized spacial score (nSPS) is 49.1. The van der Waals surface area contributed by atoms with Crippen LogP contribution in [0.4, 0.5) is 0 Å². The van der Waals surface area contributed by atoms with Gasteiger partial charge in [0.15, 0.2) is 18.7 Å². The molecule has 0 bridgehead atoms. The standard InChI is InChI=1S/C43H70O13/c1-21(2)11-10-12-22(3)31-28(54-39-35(51)33(49)36(53-23(4)45)29(19-44)55-39)18-43(9)37-26(46)17-25-24(41(37,7)15-16-42(31,43)8)13-14-30(40(25,5)6)56-38-34(50)32(48)27(47)20-52-38/h11,17,22,24,26-39,44,46-51H,10,12-16,18-20H2,1-9H3/t22-,24-,26+,27-,28+,29-,30+,31+,32+,33-,34-,35-,36-,37-,38+,39-,41+,42-,43+/m1/s1. The topological polar surface area (TPSA) is 205 Å². The van der Waals surface area contributed by atoms with Crippen LogP contribution in [0.3, 0.4) is 0 Å². The van der Waals surface area contributed by atoms with E-state index in [0.717, 1.165) is 37.7 Å². The van der Waals surface area contributed by atoms with Gasteiger partial charge in [-0.3, -0.25) is 4.79 Å². The van der Waals surface area contributed by atoms with Gasteiger partial charge in [0.1, 0.15) is 36.6 Å². The predicted octanol–water partition coefficient (Wildman–Crippen LogP) is 3.13. The lowest BCUT2D eigenvalue weighted by molar-refractivity contribution is -0.317. The SMILES string of the molecule is CC(=O)O[C@H]1[C@H](O)[C@@H](O)[C@H](O[C@H]2C[C@@]3(C)[C@@H]4[C@@H](O)C=C5[C@@H](CC[C@H](O[C@@H]6OC[C@@H](O)[C@H](O)[C@H]6O)C5(C)C)[C@]4(C)CC[C@]3(C)[C@H]2[C@H](C)CCC=C(C)C)O[C@@H]1CO. The number of hydrogen-bond acceptors (Lipinski definition) is 13. The van der Waals surface area contributed by atoms with E-state index in [2.05, 4.69) is 61.5 Å². The van der Waals surface area contributed by atoms with Gasteiger partial charge in [0.25, 0.3) is 0 Å². The largest absolute Gasteiger partial charge is 0.457 e. The average Bonchev–Trinajstić information content (AvgIpc) is 3.34. The third-order valence-electron chi connectivity index (χ3n) is 15.7. The quantitative estimate of drug-likeness (QED) is 0.126. The maximum absolute atomic E-state index is 12.5. The summed E-state index contributed by atoms with van der Waals surface area (Å²) >= 11 is 0. The van der Waals surface area contributed by atoms with Crippen molar-refractivity contribution in [3.05, 3.63) is 23.3 Å². The Morgan fingerprint density at radius 1 is 0.911 bits per heavy atom. The maximum Gasteiger partial charge on any atom is 0.303 e. The van der Waals surface area contributed by atoms with E-state index >= 15 is 0 Å². The van der Waals surface area contributed by atoms with Crippen molar-refractivity contribution in [2.75, 3.05) is 13.2 Å². The fraction of sp³-hybridized carbons (Fsp3) is 0.884. The molecule has 2 heterocycles. The van der Waals surface area contributed by atoms with Crippen molar-refractivity contribution in [3.63, 3.8) is 0 Å². The Kier molecular flexibility index (Phi) is 12.7. The lowest BCUT2D eigenvalue weighted by Crippen LogP contribution is -2.63. The van der Waals surface area contributed by atoms with Crippen LogP contribution in [0.2, 0.25) is 0 Å². The molecule has 6 aliphatic rings. The molecule has 4 aliphatic carbocycles. The number of hydrogen-bond donors (Lipinski definition) is 7. The highest BCUT2D eigenvalue weighted by atomic mass is 16.7. The van der Waals surface area contributed by atoms with Crippen LogP contribution in [0, 0.1) is 45.3 Å². The van der Waals surface area contributed by atoms with Crippen LogP contribution in [0.5, 0.6) is 0 Å². The zero-order valence-electron chi connectivity index (χ0n) is 34.8. The van der Waals surface area contributed by atoms with E-state index < -0.39 is 90.9 Å². The number of esters is 1. The van der Waals surface area contributed by atoms with E-state index in [1.54, 1.807) is 0 Å². The summed E-state index contributed by atoms with van der Waals surface area (Å²) in [6.45, 7) is 18.2. The van der Waals surface area contributed by atoms with Crippen molar-refractivity contribution in [1.29, 1.82) is 0 Å². The average molecular weight is 795 g/mol. The van der Waals surface area contributed by atoms with Crippen LogP contribution < -0.4 is 0 Å². The van der Waals surface area contributed by atoms with E-state index in [-0.39, 0.29) is 47.2 Å². The van der Waals surface area contributed by atoms with Gasteiger partial charge in [-0.25, -0.2) is 0 Å². The molecule has 2 saturated heterocycles. The minimum atomic E-state index is -1.53. The summed E-state index contributed by atoms with van der Waals surface area (Å²) in [4.78, 5) is 11.8. The second-order valence-corrected chi connectivity index (χ2v) is 19.7. The van der Waals surface area contributed by atoms with Gasteiger partial charge in [-0.15, -0.1) is 0 Å². The molecule has 320 valence electrons. The summed E-state index contributed by atoms with van der Waals surface area (Å²) in [5, 5.41) is 76.1. The minimum absolute atomic E-state index is 0.00303. The molecule has 0 aromatic rings. The fourth-order valence-corrected chi connectivity index (χ4v) is 12.8. The number of allylic oxidation sites excluding steroid dienone is 2. The summed E-state index contributed by atoms with van der Waals surface area (Å²) < 4.78 is 30.2. The Bertz CT molecular complexity index is 1480. The van der Waals surface area contributed by atoms with Gasteiger partial charge >= 0.3 is 5.97 Å². The molecular formula is C43H70O13. The Hall–Kier alpha value is -1.49. The van der Waals surface area contributed by atoms with Crippen LogP contribution in [-0.2, 0) is 28.5 Å². The summed E-state index contributed by atoms with van der Waals surface area (Å²) in [5.74, 6) is -0.467. The highest BCUT2D eigenvalue weighted by Gasteiger charge is 2.72. The first-order valence-corrected chi connectivity index (χ1v) is 20.9. The van der Waals surface area contributed by atoms with Crippen molar-refractivity contribution in [2.45, 2.75) is 181 Å². The first-order chi connectivity index (χ1) is 26.1. The summed E-state index contributed by atoms with van der Waals surface area (Å²) in [6, 6.07) is 0. The van der Waals surface area contributed by atoms with Crippen LogP contribution in [0.1, 0.15) is 107 Å². The first kappa shape index (κ1) is 44.1. The number of fused-ring (bicyclic) bond motifs is 5. The van der Waals surface area contributed by atoms with Crippen LogP contribution in [-0.4, -0.2) is 129 Å². The number of carbonyl (C=O) groups is 1. The Morgan fingerprint density at radius 3 is 2.23 bits per heavy atom. The fourth-order valence-electron chi connectivity index (χ4n) is 12.8. The first-order valence-electron chi connectivity index (χ1n) is 20.9. The smallest absolute Gasteiger partial charge is 0.303 e. The Morgan fingerprint density at radius 2 is 1.59 bits per heavy atom. The summed E-state index contributed by atoms with van der Waals surface area (Å²) in [5.41, 5.74) is 0.840. The highest BCUT2D eigenvalue weighted by molar-refractivity contribution is 5.66. The third-order valence-corrected chi connectivity index (χ3v) is 15.7. The van der Waals surface area contributed by atoms with Crippen molar-refractivity contribution >= 4 is 5.97 Å². The lowest BCUT2D eigenvalue weighted by Gasteiger charge is -2.67. The highest BCUT2D eigenvalue weighted by Crippen LogP contribution is 2.75. The van der Waals surface area contributed by atoms with Crippen molar-refractivity contribution < 1.29 is 64.2 Å². The summed E-state index contributed by atoms with van der Waals surface area (Å²) in [7, 11) is 0. The number of aliphatic hydroxyl groups is 7. The molecule has 0 aromatic carbocycles. The van der Waals surface area contributed by atoms with Gasteiger partial charge in [0, 0.05) is 18.3 Å². The number of aliphatic hydroxyl groups excluding tert-OH is 7. The number of ether oxygens (including phenoxy) is 5. The minimum Gasteiger partial charge on any atom is -0.457 e. The maximum atomic E-state index is 12.5. The monoisotopic (exact) mass is 794 g/mol. The molecule has 5 fully saturated rings. The van der Waals surface area contributed by atoms with Crippen LogP contribution in [0.15, 0.2) is 23.3 Å². The molecule has 6 rings (SSSR count). The molecule has 2 aliphatic heterocycles. The van der Waals surface area contributed by atoms with Gasteiger partial charge in [-0.2, -0.15) is 0 Å². The predicted molar refractivity (Wildman–Crippen MR) is 204 cm³/mol. The molecular weight excluding hydrogens is 724 g/mol. The molecule has 0 spiro atoms. The Labute approximate surface area is 332 Å². The van der Waals surface area contributed by atoms with Crippen LogP contribution in [0.25, 0.3) is 0 Å². The second kappa shape index (κ2) is 16.2. The van der Waals surface area contributed by atoms with Crippen molar-refractivity contribution in [2.24, 2.45) is 45.3 Å². The zero-order valence-corrected chi connectivity index (χ0v) is 34.8. The molecule has 13 nitrogen and oxygen atoms in total. The van der Waals surface area contributed by atoms with E-state index in [9.17, 15) is 40.5 Å². The lowest BCUT2D eigenvalue weighted by atomic mass is 9.38. The van der Waals surface area contributed by atoms with Gasteiger partial charge in [-0.1, -0.05) is 64.8 Å². The number of rotatable bonds is 10. The molecule has 19 atom stereocenters. The van der Waals surface area contributed by atoms with E-state index in [1.165, 1.54) is 12.5 Å². The van der Waals surface area contributed by atoms with Gasteiger partial charge in [0.05, 0.1) is 31.5 Å². The molecule has 0 aromatic heterocycles.